The van der Waals surface area contributed by atoms with Crippen molar-refractivity contribution in [3.05, 3.63) is 0 Å². The number of likely N-dealkylation sites (N-methyl/N-ethyl adjacent to an activating group) is 1. The van der Waals surface area contributed by atoms with E-state index in [1.165, 1.54) is 51.9 Å². The molecule has 106 valence electrons. The van der Waals surface area contributed by atoms with Crippen molar-refractivity contribution in [1.82, 2.24) is 15.1 Å². The predicted octanol–water partition coefficient (Wildman–Crippen LogP) is 1.93. The highest BCUT2D eigenvalue weighted by molar-refractivity contribution is 4.86. The maximum atomic E-state index is 3.55. The van der Waals surface area contributed by atoms with E-state index in [9.17, 15) is 0 Å². The first-order valence-corrected chi connectivity index (χ1v) is 7.94. The third kappa shape index (κ3) is 3.46. The Balaban J connectivity index is 1.75. The molecule has 0 aromatic heterocycles. The van der Waals surface area contributed by atoms with E-state index in [4.69, 9.17) is 0 Å². The molecule has 1 saturated carbocycles. The maximum absolute atomic E-state index is 3.55. The van der Waals surface area contributed by atoms with Crippen LogP contribution in [0.5, 0.6) is 0 Å². The molecular weight excluding hydrogens is 222 g/mol. The van der Waals surface area contributed by atoms with Gasteiger partial charge in [-0.2, -0.15) is 0 Å². The van der Waals surface area contributed by atoms with Gasteiger partial charge in [0.2, 0.25) is 0 Å². The van der Waals surface area contributed by atoms with Gasteiger partial charge in [0.15, 0.2) is 0 Å². The average Bonchev–Trinajstić information content (AvgIpc) is 2.92. The number of nitrogens with one attached hydrogen (secondary N) is 1. The molecule has 0 bridgehead atoms. The van der Waals surface area contributed by atoms with Gasteiger partial charge in [0.1, 0.15) is 0 Å². The summed E-state index contributed by atoms with van der Waals surface area (Å²) in [6.07, 6.45) is 5.81. The third-order valence-electron chi connectivity index (χ3n) is 5.02. The van der Waals surface area contributed by atoms with Gasteiger partial charge in [0.25, 0.3) is 0 Å². The van der Waals surface area contributed by atoms with Gasteiger partial charge in [-0.3, -0.25) is 9.80 Å². The first-order chi connectivity index (χ1) is 8.72. The van der Waals surface area contributed by atoms with Crippen molar-refractivity contribution < 1.29 is 0 Å². The molecule has 1 saturated heterocycles. The Bertz CT molecular complexity index is 230. The highest BCUT2D eigenvalue weighted by Gasteiger charge is 2.28. The summed E-state index contributed by atoms with van der Waals surface area (Å²) in [5.74, 6) is 0. The fourth-order valence-electron chi connectivity index (χ4n) is 3.59. The quantitative estimate of drug-likeness (QED) is 0.808. The topological polar surface area (TPSA) is 18.5 Å². The van der Waals surface area contributed by atoms with Gasteiger partial charge in [0, 0.05) is 44.3 Å². The summed E-state index contributed by atoms with van der Waals surface area (Å²) in [4.78, 5) is 5.41. The van der Waals surface area contributed by atoms with Gasteiger partial charge in [-0.25, -0.2) is 0 Å². The van der Waals surface area contributed by atoms with E-state index in [0.29, 0.717) is 12.1 Å². The second-order valence-electron chi connectivity index (χ2n) is 6.10. The number of hydrogen-bond donors (Lipinski definition) is 1. The molecule has 1 heterocycles. The van der Waals surface area contributed by atoms with Gasteiger partial charge in [0.05, 0.1) is 0 Å². The van der Waals surface area contributed by atoms with Crippen LogP contribution < -0.4 is 5.32 Å². The van der Waals surface area contributed by atoms with E-state index in [1.807, 2.05) is 0 Å². The Morgan fingerprint density at radius 3 is 2.22 bits per heavy atom. The van der Waals surface area contributed by atoms with Crippen molar-refractivity contribution in [2.75, 3.05) is 32.7 Å². The maximum Gasteiger partial charge on any atom is 0.0219 e. The van der Waals surface area contributed by atoms with Crippen LogP contribution in [0.4, 0.5) is 0 Å². The summed E-state index contributed by atoms with van der Waals surface area (Å²) in [5, 5.41) is 3.55. The molecule has 2 atom stereocenters. The van der Waals surface area contributed by atoms with E-state index >= 15 is 0 Å². The molecule has 2 rings (SSSR count). The molecule has 2 aliphatic rings. The Kier molecular flexibility index (Phi) is 5.46. The van der Waals surface area contributed by atoms with Gasteiger partial charge in [-0.1, -0.05) is 19.8 Å². The molecule has 3 nitrogen and oxygen atoms in total. The van der Waals surface area contributed by atoms with Crippen LogP contribution in [-0.4, -0.2) is 60.6 Å². The normalized spacial score (nSPS) is 27.5. The van der Waals surface area contributed by atoms with Crippen molar-refractivity contribution in [2.24, 2.45) is 0 Å². The molecule has 18 heavy (non-hydrogen) atoms. The molecule has 1 aliphatic carbocycles. The molecule has 2 unspecified atom stereocenters. The minimum absolute atomic E-state index is 0.605. The molecule has 0 spiro atoms. The van der Waals surface area contributed by atoms with Crippen LogP contribution in [0.15, 0.2) is 0 Å². The van der Waals surface area contributed by atoms with Gasteiger partial charge in [-0.15, -0.1) is 0 Å². The van der Waals surface area contributed by atoms with E-state index in [-0.39, 0.29) is 0 Å². The monoisotopic (exact) mass is 253 g/mol. The molecule has 1 aliphatic heterocycles. The fourth-order valence-corrected chi connectivity index (χ4v) is 3.59. The van der Waals surface area contributed by atoms with Crippen molar-refractivity contribution in [2.45, 2.75) is 64.6 Å². The summed E-state index contributed by atoms with van der Waals surface area (Å²) >= 11 is 0. The zero-order chi connectivity index (χ0) is 13.0. The number of rotatable bonds is 5. The van der Waals surface area contributed by atoms with Crippen LogP contribution in [0.2, 0.25) is 0 Å². The highest BCUT2D eigenvalue weighted by atomic mass is 15.3. The molecule has 3 heteroatoms. The Labute approximate surface area is 113 Å². The van der Waals surface area contributed by atoms with Gasteiger partial charge >= 0.3 is 0 Å². The first kappa shape index (κ1) is 14.3. The van der Waals surface area contributed by atoms with E-state index in [2.05, 4.69) is 35.9 Å². The highest BCUT2D eigenvalue weighted by Crippen LogP contribution is 2.24. The van der Waals surface area contributed by atoms with Crippen LogP contribution in [0, 0.1) is 0 Å². The zero-order valence-corrected chi connectivity index (χ0v) is 12.5. The Morgan fingerprint density at radius 2 is 1.67 bits per heavy atom. The smallest absolute Gasteiger partial charge is 0.0219 e. The third-order valence-corrected chi connectivity index (χ3v) is 5.02. The summed E-state index contributed by atoms with van der Waals surface area (Å²) in [5.41, 5.74) is 0. The first-order valence-electron chi connectivity index (χ1n) is 7.94. The summed E-state index contributed by atoms with van der Waals surface area (Å²) < 4.78 is 0. The SMILES string of the molecule is CCNC(C)C(C)N1CCN(C2CCCC2)CC1. The largest absolute Gasteiger partial charge is 0.313 e. The zero-order valence-electron chi connectivity index (χ0n) is 12.5. The minimum Gasteiger partial charge on any atom is -0.313 e. The van der Waals surface area contributed by atoms with E-state index in [0.717, 1.165) is 12.6 Å². The molecule has 0 aromatic rings. The molecule has 0 radical (unpaired) electrons. The average molecular weight is 253 g/mol. The number of hydrogen-bond acceptors (Lipinski definition) is 3. The Morgan fingerprint density at radius 1 is 1.06 bits per heavy atom. The molecular formula is C15H31N3. The summed E-state index contributed by atoms with van der Waals surface area (Å²) in [6.45, 7) is 13.0. The van der Waals surface area contributed by atoms with Crippen LogP contribution in [0.25, 0.3) is 0 Å². The van der Waals surface area contributed by atoms with E-state index < -0.39 is 0 Å². The van der Waals surface area contributed by atoms with Crippen LogP contribution in [0.3, 0.4) is 0 Å². The lowest BCUT2D eigenvalue weighted by Crippen LogP contribution is -2.56. The lowest BCUT2D eigenvalue weighted by atomic mass is 10.1. The van der Waals surface area contributed by atoms with Crippen LogP contribution >= 0.6 is 0 Å². The summed E-state index contributed by atoms with van der Waals surface area (Å²) in [7, 11) is 0. The van der Waals surface area contributed by atoms with Crippen molar-refractivity contribution in [3.63, 3.8) is 0 Å². The standard InChI is InChI=1S/C15H31N3/c1-4-16-13(2)14(3)17-9-11-18(12-10-17)15-7-5-6-8-15/h13-16H,4-12H2,1-3H3. The van der Waals surface area contributed by atoms with E-state index in [1.54, 1.807) is 0 Å². The molecule has 0 aromatic carbocycles. The van der Waals surface area contributed by atoms with Crippen LogP contribution in [0.1, 0.15) is 46.5 Å². The van der Waals surface area contributed by atoms with Crippen molar-refractivity contribution in [3.8, 4) is 0 Å². The second-order valence-corrected chi connectivity index (χ2v) is 6.10. The molecule has 2 fully saturated rings. The second kappa shape index (κ2) is 6.88. The Hall–Kier alpha value is -0.120. The van der Waals surface area contributed by atoms with Gasteiger partial charge < -0.3 is 5.32 Å². The summed E-state index contributed by atoms with van der Waals surface area (Å²) in [6, 6.07) is 2.18. The lowest BCUT2D eigenvalue weighted by Gasteiger charge is -2.42. The number of nitrogens with zero attached hydrogens (tertiary/aromatic N) is 2. The molecule has 0 amide bonds. The molecule has 1 N–H and O–H groups in total. The fraction of sp³-hybridized carbons (Fsp3) is 1.00. The predicted molar refractivity (Wildman–Crippen MR) is 78.0 cm³/mol. The minimum atomic E-state index is 0.605. The van der Waals surface area contributed by atoms with Crippen LogP contribution in [-0.2, 0) is 0 Å². The van der Waals surface area contributed by atoms with Crippen molar-refractivity contribution in [1.29, 1.82) is 0 Å². The van der Waals surface area contributed by atoms with Gasteiger partial charge in [-0.05, 0) is 33.2 Å². The number of piperazine rings is 1. The lowest BCUT2D eigenvalue weighted by molar-refractivity contribution is 0.0654. The van der Waals surface area contributed by atoms with Crippen molar-refractivity contribution >= 4 is 0 Å².